The molecule has 1 rings (SSSR count). The van der Waals surface area contributed by atoms with Crippen LogP contribution in [0, 0.1) is 5.92 Å². The minimum absolute atomic E-state index is 0.0770. The Balaban J connectivity index is 2.50. The van der Waals surface area contributed by atoms with E-state index in [1.807, 2.05) is 6.08 Å². The van der Waals surface area contributed by atoms with E-state index in [2.05, 4.69) is 26.8 Å². The van der Waals surface area contributed by atoms with Crippen LogP contribution in [0.2, 0.25) is 0 Å². The number of ether oxygens (including phenoxy) is 1. The van der Waals surface area contributed by atoms with E-state index in [1.54, 1.807) is 6.92 Å². The van der Waals surface area contributed by atoms with E-state index < -0.39 is 5.60 Å². The molecule has 3 nitrogen and oxygen atoms in total. The lowest BCUT2D eigenvalue weighted by Gasteiger charge is -2.18. The van der Waals surface area contributed by atoms with Crippen molar-refractivity contribution in [1.82, 2.24) is 0 Å². The van der Waals surface area contributed by atoms with Crippen molar-refractivity contribution < 1.29 is 14.6 Å². The second-order valence-electron chi connectivity index (χ2n) is 6.34. The molecular weight excluding hydrogens is 264 g/mol. The van der Waals surface area contributed by atoms with Crippen LogP contribution in [0.1, 0.15) is 66.2 Å². The maximum absolute atomic E-state index is 11.5. The maximum atomic E-state index is 11.5. The van der Waals surface area contributed by atoms with Crippen molar-refractivity contribution in [2.75, 3.05) is 6.61 Å². The Morgan fingerprint density at radius 2 is 2.24 bits per heavy atom. The van der Waals surface area contributed by atoms with Gasteiger partial charge in [-0.3, -0.25) is 4.79 Å². The van der Waals surface area contributed by atoms with Crippen molar-refractivity contribution in [3.63, 3.8) is 0 Å². The molecule has 0 aliphatic heterocycles. The summed E-state index contributed by atoms with van der Waals surface area (Å²) in [5.41, 5.74) is 1.72. The highest BCUT2D eigenvalue weighted by atomic mass is 16.5. The topological polar surface area (TPSA) is 46.5 Å². The van der Waals surface area contributed by atoms with Crippen LogP contribution in [0.25, 0.3) is 0 Å². The molecule has 0 aromatic carbocycles. The lowest BCUT2D eigenvalue weighted by Crippen LogP contribution is -2.27. The van der Waals surface area contributed by atoms with Crippen molar-refractivity contribution in [2.45, 2.75) is 71.8 Å². The smallest absolute Gasteiger partial charge is 0.309 e. The van der Waals surface area contributed by atoms with Crippen LogP contribution >= 0.6 is 0 Å². The Hall–Kier alpha value is -1.09. The van der Waals surface area contributed by atoms with Gasteiger partial charge in [0.05, 0.1) is 18.6 Å². The van der Waals surface area contributed by atoms with Gasteiger partial charge in [0.15, 0.2) is 0 Å². The second-order valence-corrected chi connectivity index (χ2v) is 6.34. The van der Waals surface area contributed by atoms with Crippen LogP contribution in [0.3, 0.4) is 0 Å². The summed E-state index contributed by atoms with van der Waals surface area (Å²) in [6.07, 6.45) is 8.99. The highest BCUT2D eigenvalue weighted by molar-refractivity contribution is 5.71. The summed E-state index contributed by atoms with van der Waals surface area (Å²) in [4.78, 5) is 11.5. The first-order valence-electron chi connectivity index (χ1n) is 8.12. The molecule has 0 spiro atoms. The first-order chi connectivity index (χ1) is 9.88. The number of aliphatic hydroxyl groups is 1. The highest BCUT2D eigenvalue weighted by Crippen LogP contribution is 2.34. The van der Waals surface area contributed by atoms with Crippen molar-refractivity contribution in [2.24, 2.45) is 5.92 Å². The van der Waals surface area contributed by atoms with Gasteiger partial charge < -0.3 is 9.84 Å². The average molecular weight is 294 g/mol. The quantitative estimate of drug-likeness (QED) is 0.540. The number of hydrogen-bond donors (Lipinski definition) is 1. The zero-order valence-electron chi connectivity index (χ0n) is 13.9. The zero-order valence-corrected chi connectivity index (χ0v) is 13.9. The van der Waals surface area contributed by atoms with Gasteiger partial charge in [-0.25, -0.2) is 0 Å². The number of carbonyl (C=O) groups excluding carboxylic acids is 1. The van der Waals surface area contributed by atoms with Gasteiger partial charge in [0, 0.05) is 0 Å². The molecule has 3 heteroatoms. The van der Waals surface area contributed by atoms with E-state index in [0.717, 1.165) is 25.7 Å². The first kappa shape index (κ1) is 18.0. The van der Waals surface area contributed by atoms with Crippen LogP contribution in [-0.2, 0) is 9.53 Å². The van der Waals surface area contributed by atoms with Gasteiger partial charge in [-0.15, -0.1) is 0 Å². The number of rotatable bonds is 8. The Morgan fingerprint density at radius 3 is 2.86 bits per heavy atom. The van der Waals surface area contributed by atoms with E-state index in [4.69, 9.17) is 4.74 Å². The summed E-state index contributed by atoms with van der Waals surface area (Å²) in [5, 5.41) is 10.4. The standard InChI is InChI=1S/C18H30O3/c1-5-14(3)7-8-15(4)11-16-9-10-18(20,12-16)13-17(19)21-6-2/h7,12,15,20H,5-6,8-11,13H2,1-4H3/b14-7+. The molecule has 21 heavy (non-hydrogen) atoms. The Morgan fingerprint density at radius 1 is 1.52 bits per heavy atom. The lowest BCUT2D eigenvalue weighted by atomic mass is 9.96. The minimum Gasteiger partial charge on any atom is -0.466 e. The van der Waals surface area contributed by atoms with Gasteiger partial charge in [-0.2, -0.15) is 0 Å². The number of esters is 1. The molecule has 0 radical (unpaired) electrons. The monoisotopic (exact) mass is 294 g/mol. The Kier molecular flexibility index (Phi) is 7.16. The average Bonchev–Trinajstić information content (AvgIpc) is 2.77. The van der Waals surface area contributed by atoms with Gasteiger partial charge in [0.25, 0.3) is 0 Å². The summed E-state index contributed by atoms with van der Waals surface area (Å²) in [7, 11) is 0. The first-order valence-corrected chi connectivity index (χ1v) is 8.12. The molecular formula is C18H30O3. The summed E-state index contributed by atoms with van der Waals surface area (Å²) >= 11 is 0. The van der Waals surface area contributed by atoms with Gasteiger partial charge in [0.1, 0.15) is 0 Å². The van der Waals surface area contributed by atoms with Gasteiger partial charge in [-0.1, -0.05) is 37.1 Å². The number of hydrogen-bond acceptors (Lipinski definition) is 3. The molecule has 1 aliphatic carbocycles. The molecule has 2 unspecified atom stereocenters. The fraction of sp³-hybridized carbons (Fsp3) is 0.722. The van der Waals surface area contributed by atoms with Crippen molar-refractivity contribution in [3.8, 4) is 0 Å². The summed E-state index contributed by atoms with van der Waals surface area (Å²) in [5.74, 6) is 0.259. The van der Waals surface area contributed by atoms with E-state index in [0.29, 0.717) is 18.9 Å². The van der Waals surface area contributed by atoms with Crippen LogP contribution < -0.4 is 0 Å². The molecule has 0 fully saturated rings. The maximum Gasteiger partial charge on any atom is 0.309 e. The second kappa shape index (κ2) is 8.38. The number of allylic oxidation sites excluding steroid dienone is 3. The van der Waals surface area contributed by atoms with Crippen molar-refractivity contribution in [1.29, 1.82) is 0 Å². The van der Waals surface area contributed by atoms with E-state index >= 15 is 0 Å². The van der Waals surface area contributed by atoms with Crippen LogP contribution in [0.5, 0.6) is 0 Å². The largest absolute Gasteiger partial charge is 0.466 e. The fourth-order valence-corrected chi connectivity index (χ4v) is 2.74. The van der Waals surface area contributed by atoms with E-state index in [9.17, 15) is 9.90 Å². The molecule has 0 aromatic heterocycles. The Labute approximate surface area is 129 Å². The summed E-state index contributed by atoms with van der Waals surface area (Å²) in [6.45, 7) is 8.73. The SMILES string of the molecule is CCOC(=O)CC1(O)C=C(CC(C)C/C=C(\C)CC)CC1. The molecule has 120 valence electrons. The van der Waals surface area contributed by atoms with Gasteiger partial charge >= 0.3 is 5.97 Å². The van der Waals surface area contributed by atoms with Crippen LogP contribution in [-0.4, -0.2) is 23.3 Å². The predicted octanol–water partition coefficient (Wildman–Crippen LogP) is 4.16. The molecule has 2 atom stereocenters. The van der Waals surface area contributed by atoms with Crippen LogP contribution in [0.4, 0.5) is 0 Å². The highest BCUT2D eigenvalue weighted by Gasteiger charge is 2.33. The molecule has 1 N–H and O–H groups in total. The molecule has 0 bridgehead atoms. The molecule has 0 amide bonds. The molecule has 0 saturated heterocycles. The Bertz CT molecular complexity index is 409. The predicted molar refractivity (Wildman–Crippen MR) is 86.0 cm³/mol. The van der Waals surface area contributed by atoms with Crippen molar-refractivity contribution in [3.05, 3.63) is 23.3 Å². The third kappa shape index (κ3) is 6.47. The van der Waals surface area contributed by atoms with Gasteiger partial charge in [-0.05, 0) is 51.9 Å². The normalized spacial score (nSPS) is 23.9. The lowest BCUT2D eigenvalue weighted by molar-refractivity contribution is -0.147. The molecule has 0 saturated carbocycles. The van der Waals surface area contributed by atoms with Gasteiger partial charge in [0.2, 0.25) is 0 Å². The van der Waals surface area contributed by atoms with Crippen LogP contribution in [0.15, 0.2) is 23.3 Å². The summed E-state index contributed by atoms with van der Waals surface area (Å²) in [6, 6.07) is 0. The minimum atomic E-state index is -0.990. The molecule has 0 heterocycles. The fourth-order valence-electron chi connectivity index (χ4n) is 2.74. The molecule has 0 aromatic rings. The third-order valence-electron chi connectivity index (χ3n) is 4.14. The van der Waals surface area contributed by atoms with E-state index in [-0.39, 0.29) is 12.4 Å². The van der Waals surface area contributed by atoms with E-state index in [1.165, 1.54) is 11.1 Å². The third-order valence-corrected chi connectivity index (χ3v) is 4.14. The number of carbonyl (C=O) groups is 1. The van der Waals surface area contributed by atoms with Crippen molar-refractivity contribution >= 4 is 5.97 Å². The zero-order chi connectivity index (χ0) is 15.9. The molecule has 1 aliphatic rings. The summed E-state index contributed by atoms with van der Waals surface area (Å²) < 4.78 is 4.93.